The third kappa shape index (κ3) is 2.35. The first-order chi connectivity index (χ1) is 7.72. The van der Waals surface area contributed by atoms with Gasteiger partial charge in [0, 0.05) is 18.2 Å². The minimum atomic E-state index is 0.354. The zero-order valence-electron chi connectivity index (χ0n) is 9.48. The molecule has 0 bridgehead atoms. The van der Waals surface area contributed by atoms with E-state index in [0.29, 0.717) is 5.92 Å². The molecule has 2 rings (SSSR count). The van der Waals surface area contributed by atoms with Crippen LogP contribution in [0.3, 0.4) is 0 Å². The zero-order valence-corrected chi connectivity index (χ0v) is 11.1. The van der Waals surface area contributed by atoms with Crippen LogP contribution in [0.25, 0.3) is 4.96 Å². The highest BCUT2D eigenvalue weighted by Gasteiger charge is 2.13. The van der Waals surface area contributed by atoms with Crippen molar-refractivity contribution in [3.8, 4) is 0 Å². The number of hydrogen-bond acceptors (Lipinski definition) is 4. The molecular weight excluding hydrogens is 244 g/mol. The van der Waals surface area contributed by atoms with E-state index in [4.69, 9.17) is 11.6 Å². The van der Waals surface area contributed by atoms with Gasteiger partial charge in [-0.15, -0.1) is 21.8 Å². The predicted molar refractivity (Wildman–Crippen MR) is 66.4 cm³/mol. The van der Waals surface area contributed by atoms with Gasteiger partial charge in [0.1, 0.15) is 5.01 Å². The maximum atomic E-state index is 5.65. The van der Waals surface area contributed by atoms with Gasteiger partial charge in [-0.1, -0.05) is 25.2 Å². The molecule has 0 unspecified atom stereocenters. The molecule has 0 aliphatic heterocycles. The second-order valence-corrected chi connectivity index (χ2v) is 5.47. The van der Waals surface area contributed by atoms with E-state index in [0.717, 1.165) is 40.9 Å². The fraction of sp³-hybridized carbons (Fsp3) is 0.700. The molecule has 2 aromatic heterocycles. The van der Waals surface area contributed by atoms with Gasteiger partial charge in [-0.05, 0) is 12.8 Å². The fourth-order valence-corrected chi connectivity index (χ4v) is 2.57. The van der Waals surface area contributed by atoms with Gasteiger partial charge in [0.25, 0.3) is 0 Å². The summed E-state index contributed by atoms with van der Waals surface area (Å²) in [7, 11) is 0. The summed E-state index contributed by atoms with van der Waals surface area (Å²) < 4.78 is 1.87. The van der Waals surface area contributed by atoms with E-state index in [9.17, 15) is 0 Å². The minimum absolute atomic E-state index is 0.354. The van der Waals surface area contributed by atoms with Crippen molar-refractivity contribution in [1.29, 1.82) is 0 Å². The molecule has 2 aromatic rings. The van der Waals surface area contributed by atoms with Crippen LogP contribution in [0, 0.1) is 0 Å². The highest BCUT2D eigenvalue weighted by Crippen LogP contribution is 2.19. The molecule has 6 heteroatoms. The highest BCUT2D eigenvalue weighted by atomic mass is 35.5. The van der Waals surface area contributed by atoms with Crippen molar-refractivity contribution in [2.75, 3.05) is 5.88 Å². The normalized spacial score (nSPS) is 11.8. The first-order valence-corrected chi connectivity index (χ1v) is 6.84. The van der Waals surface area contributed by atoms with Gasteiger partial charge in [0.2, 0.25) is 4.96 Å². The fourth-order valence-electron chi connectivity index (χ4n) is 1.50. The van der Waals surface area contributed by atoms with Crippen LogP contribution in [0.4, 0.5) is 0 Å². The highest BCUT2D eigenvalue weighted by molar-refractivity contribution is 7.16. The molecule has 0 N–H and O–H groups in total. The topological polar surface area (TPSA) is 43.1 Å². The Kier molecular flexibility index (Phi) is 3.76. The van der Waals surface area contributed by atoms with Gasteiger partial charge < -0.3 is 0 Å². The number of hydrogen-bond donors (Lipinski definition) is 0. The molecule has 0 saturated heterocycles. The van der Waals surface area contributed by atoms with Gasteiger partial charge in [-0.2, -0.15) is 9.61 Å². The van der Waals surface area contributed by atoms with Gasteiger partial charge in [0.15, 0.2) is 5.82 Å². The zero-order chi connectivity index (χ0) is 11.5. The second-order valence-electron chi connectivity index (χ2n) is 4.05. The Balaban J connectivity index is 2.17. The van der Waals surface area contributed by atoms with Crippen LogP contribution < -0.4 is 0 Å². The van der Waals surface area contributed by atoms with Crippen molar-refractivity contribution in [2.24, 2.45) is 0 Å². The van der Waals surface area contributed by atoms with Crippen molar-refractivity contribution in [3.05, 3.63) is 10.8 Å². The molecule has 0 radical (unpaired) electrons. The van der Waals surface area contributed by atoms with Crippen LogP contribution >= 0.6 is 22.9 Å². The summed E-state index contributed by atoms with van der Waals surface area (Å²) in [5.41, 5.74) is 0. The smallest absolute Gasteiger partial charge is 0.187 e. The Morgan fingerprint density at radius 1 is 1.31 bits per heavy atom. The molecule has 88 valence electrons. The molecular formula is C10H15ClN4S. The largest absolute Gasteiger partial charge is 0.234 e. The molecule has 0 amide bonds. The first kappa shape index (κ1) is 11.8. The Labute approximate surface area is 104 Å². The van der Waals surface area contributed by atoms with E-state index in [1.807, 2.05) is 4.52 Å². The number of aryl methyl sites for hydroxylation is 1. The van der Waals surface area contributed by atoms with E-state index < -0.39 is 0 Å². The van der Waals surface area contributed by atoms with Crippen molar-refractivity contribution in [3.63, 3.8) is 0 Å². The molecule has 4 nitrogen and oxygen atoms in total. The minimum Gasteiger partial charge on any atom is -0.187 e. The Morgan fingerprint density at radius 2 is 2.12 bits per heavy atom. The van der Waals surface area contributed by atoms with Gasteiger partial charge in [-0.25, -0.2) is 0 Å². The second kappa shape index (κ2) is 5.10. The summed E-state index contributed by atoms with van der Waals surface area (Å²) in [5.74, 6) is 2.02. The predicted octanol–water partition coefficient (Wildman–Crippen LogP) is 2.87. The Bertz CT molecular complexity index is 462. The van der Waals surface area contributed by atoms with E-state index in [2.05, 4.69) is 29.1 Å². The number of alkyl halides is 1. The molecule has 0 aromatic carbocycles. The van der Waals surface area contributed by atoms with E-state index in [-0.39, 0.29) is 0 Å². The van der Waals surface area contributed by atoms with Crippen LogP contribution in [0.2, 0.25) is 0 Å². The third-order valence-electron chi connectivity index (χ3n) is 2.35. The van der Waals surface area contributed by atoms with Crippen LogP contribution in [0.1, 0.15) is 43.4 Å². The van der Waals surface area contributed by atoms with E-state index in [1.54, 1.807) is 11.3 Å². The number of nitrogens with zero attached hydrogens (tertiary/aromatic N) is 4. The molecule has 0 aliphatic carbocycles. The number of aromatic nitrogens is 4. The monoisotopic (exact) mass is 258 g/mol. The van der Waals surface area contributed by atoms with Crippen LogP contribution in [0.5, 0.6) is 0 Å². The summed E-state index contributed by atoms with van der Waals surface area (Å²) in [6.45, 7) is 4.20. The molecule has 0 spiro atoms. The number of halogens is 1. The maximum absolute atomic E-state index is 5.65. The van der Waals surface area contributed by atoms with Gasteiger partial charge in [-0.3, -0.25) is 0 Å². The van der Waals surface area contributed by atoms with Crippen LogP contribution in [-0.2, 0) is 6.42 Å². The molecule has 0 aliphatic rings. The lowest BCUT2D eigenvalue weighted by Gasteiger charge is -1.97. The summed E-state index contributed by atoms with van der Waals surface area (Å²) >= 11 is 7.27. The number of unbranched alkanes of at least 4 members (excludes halogenated alkanes) is 1. The third-order valence-corrected chi connectivity index (χ3v) is 3.57. The van der Waals surface area contributed by atoms with Crippen LogP contribution in [0.15, 0.2) is 0 Å². The quantitative estimate of drug-likeness (QED) is 0.612. The van der Waals surface area contributed by atoms with Crippen molar-refractivity contribution in [1.82, 2.24) is 19.8 Å². The van der Waals surface area contributed by atoms with E-state index >= 15 is 0 Å². The number of rotatable bonds is 5. The van der Waals surface area contributed by atoms with Crippen molar-refractivity contribution < 1.29 is 0 Å². The maximum Gasteiger partial charge on any atom is 0.234 e. The molecule has 16 heavy (non-hydrogen) atoms. The standard InChI is InChI=1S/C10H15ClN4S/c1-7(2)9-12-13-10-15(9)14-8(16-10)5-3-4-6-11/h7H,3-6H2,1-2H3. The van der Waals surface area contributed by atoms with Crippen LogP contribution in [-0.4, -0.2) is 25.7 Å². The van der Waals surface area contributed by atoms with Crippen molar-refractivity contribution in [2.45, 2.75) is 39.0 Å². The van der Waals surface area contributed by atoms with Gasteiger partial charge in [0.05, 0.1) is 0 Å². The summed E-state index contributed by atoms with van der Waals surface area (Å²) in [6, 6.07) is 0. The molecule has 2 heterocycles. The van der Waals surface area contributed by atoms with Crippen molar-refractivity contribution >= 4 is 27.9 Å². The summed E-state index contributed by atoms with van der Waals surface area (Å²) in [5, 5.41) is 13.9. The Morgan fingerprint density at radius 3 is 2.81 bits per heavy atom. The lowest BCUT2D eigenvalue weighted by Crippen LogP contribution is -1.98. The Hall–Kier alpha value is -0.680. The summed E-state index contributed by atoms with van der Waals surface area (Å²) in [4.78, 5) is 0.893. The summed E-state index contributed by atoms with van der Waals surface area (Å²) in [6.07, 6.45) is 3.11. The molecule has 0 fully saturated rings. The first-order valence-electron chi connectivity index (χ1n) is 5.49. The average molecular weight is 259 g/mol. The lowest BCUT2D eigenvalue weighted by molar-refractivity contribution is 0.707. The SMILES string of the molecule is CC(C)c1nnc2sc(CCCCCl)nn12. The molecule has 0 atom stereocenters. The number of fused-ring (bicyclic) bond motifs is 1. The lowest BCUT2D eigenvalue weighted by atomic mass is 10.2. The molecule has 0 saturated carbocycles. The van der Waals surface area contributed by atoms with E-state index in [1.165, 1.54) is 0 Å². The average Bonchev–Trinajstić information content (AvgIpc) is 2.76. The van der Waals surface area contributed by atoms with Gasteiger partial charge >= 0.3 is 0 Å².